The SMILES string of the molecule is CCCNc1nnc(CN2CCC(C)C2CO)s1. The first-order chi connectivity index (χ1) is 8.74. The Morgan fingerprint density at radius 2 is 2.33 bits per heavy atom. The number of aromatic nitrogens is 2. The molecule has 0 saturated carbocycles. The van der Waals surface area contributed by atoms with Gasteiger partial charge in [0.25, 0.3) is 0 Å². The molecular formula is C12H22N4OS. The van der Waals surface area contributed by atoms with E-state index >= 15 is 0 Å². The predicted octanol–water partition coefficient (Wildman–Crippen LogP) is 1.56. The second-order valence-corrected chi connectivity index (χ2v) is 5.98. The van der Waals surface area contributed by atoms with E-state index in [1.165, 1.54) is 0 Å². The number of likely N-dealkylation sites (tertiary alicyclic amines) is 1. The monoisotopic (exact) mass is 270 g/mol. The molecule has 2 heterocycles. The number of anilines is 1. The molecule has 0 aliphatic carbocycles. The largest absolute Gasteiger partial charge is 0.395 e. The van der Waals surface area contributed by atoms with E-state index in [9.17, 15) is 5.11 Å². The molecule has 5 nitrogen and oxygen atoms in total. The smallest absolute Gasteiger partial charge is 0.205 e. The van der Waals surface area contributed by atoms with Gasteiger partial charge in [-0.2, -0.15) is 0 Å². The number of hydrogen-bond acceptors (Lipinski definition) is 6. The Kier molecular flexibility index (Phi) is 4.91. The number of aliphatic hydroxyl groups excluding tert-OH is 1. The van der Waals surface area contributed by atoms with Crippen molar-refractivity contribution in [2.24, 2.45) is 5.92 Å². The lowest BCUT2D eigenvalue weighted by molar-refractivity contribution is 0.134. The summed E-state index contributed by atoms with van der Waals surface area (Å²) in [7, 11) is 0. The molecular weight excluding hydrogens is 248 g/mol. The van der Waals surface area contributed by atoms with Crippen molar-refractivity contribution >= 4 is 16.5 Å². The zero-order valence-corrected chi connectivity index (χ0v) is 11.9. The average Bonchev–Trinajstić information content (AvgIpc) is 2.95. The van der Waals surface area contributed by atoms with E-state index in [-0.39, 0.29) is 12.6 Å². The van der Waals surface area contributed by atoms with Crippen LogP contribution < -0.4 is 5.32 Å². The molecule has 0 aromatic carbocycles. The van der Waals surface area contributed by atoms with Crippen LogP contribution in [0.5, 0.6) is 0 Å². The quantitative estimate of drug-likeness (QED) is 0.821. The van der Waals surface area contributed by atoms with Crippen LogP contribution in [0.15, 0.2) is 0 Å². The molecule has 0 spiro atoms. The summed E-state index contributed by atoms with van der Waals surface area (Å²) in [6.07, 6.45) is 2.25. The molecule has 0 bridgehead atoms. The van der Waals surface area contributed by atoms with Crippen LogP contribution in [0.1, 0.15) is 31.7 Å². The summed E-state index contributed by atoms with van der Waals surface area (Å²) in [5.41, 5.74) is 0. The third kappa shape index (κ3) is 3.18. The van der Waals surface area contributed by atoms with Crippen LogP contribution in [0.4, 0.5) is 5.13 Å². The zero-order chi connectivity index (χ0) is 13.0. The van der Waals surface area contributed by atoms with Crippen molar-refractivity contribution in [1.82, 2.24) is 15.1 Å². The highest BCUT2D eigenvalue weighted by atomic mass is 32.1. The molecule has 102 valence electrons. The highest BCUT2D eigenvalue weighted by Crippen LogP contribution is 2.26. The molecule has 1 saturated heterocycles. The average molecular weight is 270 g/mol. The minimum atomic E-state index is 0.237. The molecule has 2 unspecified atom stereocenters. The Labute approximate surface area is 112 Å². The minimum absolute atomic E-state index is 0.237. The van der Waals surface area contributed by atoms with Gasteiger partial charge < -0.3 is 10.4 Å². The van der Waals surface area contributed by atoms with Gasteiger partial charge in [0.2, 0.25) is 5.13 Å². The van der Waals surface area contributed by atoms with Crippen LogP contribution in [-0.2, 0) is 6.54 Å². The molecule has 1 aromatic heterocycles. The van der Waals surface area contributed by atoms with Gasteiger partial charge in [-0.15, -0.1) is 10.2 Å². The lowest BCUT2D eigenvalue weighted by atomic mass is 10.0. The molecule has 6 heteroatoms. The van der Waals surface area contributed by atoms with Gasteiger partial charge in [-0.3, -0.25) is 4.90 Å². The van der Waals surface area contributed by atoms with Crippen LogP contribution in [0.25, 0.3) is 0 Å². The summed E-state index contributed by atoms with van der Waals surface area (Å²) in [6, 6.07) is 0.279. The molecule has 1 fully saturated rings. The van der Waals surface area contributed by atoms with Crippen LogP contribution in [0.3, 0.4) is 0 Å². The summed E-state index contributed by atoms with van der Waals surface area (Å²) in [5, 5.41) is 22.9. The number of nitrogens with one attached hydrogen (secondary N) is 1. The van der Waals surface area contributed by atoms with Gasteiger partial charge in [-0.05, 0) is 25.3 Å². The molecule has 1 aromatic rings. The molecule has 0 radical (unpaired) electrons. The van der Waals surface area contributed by atoms with Crippen LogP contribution in [-0.4, -0.2) is 45.9 Å². The normalized spacial score (nSPS) is 24.6. The van der Waals surface area contributed by atoms with E-state index < -0.39 is 0 Å². The van der Waals surface area contributed by atoms with Gasteiger partial charge in [-0.25, -0.2) is 0 Å². The predicted molar refractivity (Wildman–Crippen MR) is 73.8 cm³/mol. The molecule has 2 N–H and O–H groups in total. The van der Waals surface area contributed by atoms with Crippen molar-refractivity contribution in [2.75, 3.05) is 25.0 Å². The fourth-order valence-electron chi connectivity index (χ4n) is 2.37. The van der Waals surface area contributed by atoms with Gasteiger partial charge >= 0.3 is 0 Å². The minimum Gasteiger partial charge on any atom is -0.395 e. The van der Waals surface area contributed by atoms with Gasteiger partial charge in [0.1, 0.15) is 5.01 Å². The van der Waals surface area contributed by atoms with Crippen molar-refractivity contribution in [1.29, 1.82) is 0 Å². The summed E-state index contributed by atoms with van der Waals surface area (Å²) < 4.78 is 0. The maximum absolute atomic E-state index is 9.42. The summed E-state index contributed by atoms with van der Waals surface area (Å²) in [4.78, 5) is 2.31. The molecule has 1 aliphatic rings. The first-order valence-electron chi connectivity index (χ1n) is 6.65. The maximum atomic E-state index is 9.42. The van der Waals surface area contributed by atoms with Gasteiger partial charge in [0.05, 0.1) is 13.2 Å². The fraction of sp³-hybridized carbons (Fsp3) is 0.833. The number of hydrogen-bond donors (Lipinski definition) is 2. The van der Waals surface area contributed by atoms with Crippen molar-refractivity contribution in [3.8, 4) is 0 Å². The van der Waals surface area contributed by atoms with Crippen LogP contribution in [0, 0.1) is 5.92 Å². The highest BCUT2D eigenvalue weighted by molar-refractivity contribution is 7.15. The molecule has 2 atom stereocenters. The van der Waals surface area contributed by atoms with Gasteiger partial charge in [0.15, 0.2) is 0 Å². The van der Waals surface area contributed by atoms with Crippen LogP contribution in [0.2, 0.25) is 0 Å². The van der Waals surface area contributed by atoms with E-state index in [1.807, 2.05) is 0 Å². The lowest BCUT2D eigenvalue weighted by Crippen LogP contribution is -2.34. The Morgan fingerprint density at radius 1 is 1.50 bits per heavy atom. The van der Waals surface area contributed by atoms with E-state index in [1.54, 1.807) is 11.3 Å². The third-order valence-electron chi connectivity index (χ3n) is 3.52. The van der Waals surface area contributed by atoms with E-state index in [2.05, 4.69) is 34.3 Å². The third-order valence-corrected chi connectivity index (χ3v) is 4.38. The second-order valence-electron chi connectivity index (χ2n) is 4.91. The van der Waals surface area contributed by atoms with Crippen molar-refractivity contribution in [3.63, 3.8) is 0 Å². The maximum Gasteiger partial charge on any atom is 0.205 e. The first-order valence-corrected chi connectivity index (χ1v) is 7.47. The summed E-state index contributed by atoms with van der Waals surface area (Å²) in [6.45, 7) is 7.36. The van der Waals surface area contributed by atoms with E-state index in [4.69, 9.17) is 0 Å². The Hall–Kier alpha value is -0.720. The Balaban J connectivity index is 1.91. The molecule has 18 heavy (non-hydrogen) atoms. The van der Waals surface area contributed by atoms with Crippen LogP contribution >= 0.6 is 11.3 Å². The summed E-state index contributed by atoms with van der Waals surface area (Å²) >= 11 is 1.62. The molecule has 2 rings (SSSR count). The van der Waals surface area contributed by atoms with Gasteiger partial charge in [-0.1, -0.05) is 25.2 Å². The first kappa shape index (κ1) is 13.7. The Bertz CT molecular complexity index is 371. The number of aliphatic hydroxyl groups is 1. The highest BCUT2D eigenvalue weighted by Gasteiger charge is 2.30. The van der Waals surface area contributed by atoms with Gasteiger partial charge in [0, 0.05) is 12.6 Å². The van der Waals surface area contributed by atoms with Crippen molar-refractivity contribution < 1.29 is 5.11 Å². The van der Waals surface area contributed by atoms with Crippen molar-refractivity contribution in [2.45, 2.75) is 39.3 Å². The van der Waals surface area contributed by atoms with E-state index in [0.717, 1.165) is 42.6 Å². The topological polar surface area (TPSA) is 61.3 Å². The second kappa shape index (κ2) is 6.45. The van der Waals surface area contributed by atoms with E-state index in [0.29, 0.717) is 5.92 Å². The standard InChI is InChI=1S/C12H22N4OS/c1-3-5-13-12-15-14-11(18-12)7-16-6-4-9(2)10(16)8-17/h9-10,17H,3-8H2,1-2H3,(H,13,15). The lowest BCUT2D eigenvalue weighted by Gasteiger charge is -2.23. The Morgan fingerprint density at radius 3 is 3.06 bits per heavy atom. The summed E-state index contributed by atoms with van der Waals surface area (Å²) in [5.74, 6) is 0.570. The molecule has 1 aliphatic heterocycles. The van der Waals surface area contributed by atoms with Crippen molar-refractivity contribution in [3.05, 3.63) is 5.01 Å². The fourth-order valence-corrected chi connectivity index (χ4v) is 3.16. The zero-order valence-electron chi connectivity index (χ0n) is 11.1. The number of nitrogens with zero attached hydrogens (tertiary/aromatic N) is 3. The number of rotatable bonds is 6. The molecule has 0 amide bonds.